The van der Waals surface area contributed by atoms with E-state index in [1.807, 2.05) is 24.3 Å². The molecule has 1 fully saturated rings. The number of fused-ring (bicyclic) bond motifs is 1. The number of piperidine rings is 1. The van der Waals surface area contributed by atoms with E-state index in [2.05, 4.69) is 40.5 Å². The molecule has 2 aromatic rings. The zero-order valence-corrected chi connectivity index (χ0v) is 14.7. The third kappa shape index (κ3) is 3.26. The normalized spacial score (nSPS) is 24.5. The highest BCUT2D eigenvalue weighted by Gasteiger charge is 2.29. The lowest BCUT2D eigenvalue weighted by Crippen LogP contribution is -2.36. The average molecular weight is 340 g/mol. The van der Waals surface area contributed by atoms with Crippen molar-refractivity contribution < 1.29 is 4.21 Å². The van der Waals surface area contributed by atoms with E-state index in [9.17, 15) is 4.21 Å². The van der Waals surface area contributed by atoms with Gasteiger partial charge in [-0.2, -0.15) is 0 Å². The van der Waals surface area contributed by atoms with Gasteiger partial charge in [0.1, 0.15) is 5.37 Å². The summed E-state index contributed by atoms with van der Waals surface area (Å²) in [7, 11) is -0.914. The molecule has 0 radical (unpaired) electrons. The summed E-state index contributed by atoms with van der Waals surface area (Å²) in [5, 5.41) is 3.50. The fourth-order valence-electron chi connectivity index (χ4n) is 3.84. The van der Waals surface area contributed by atoms with Crippen molar-refractivity contribution in [3.8, 4) is 0 Å². The van der Waals surface area contributed by atoms with E-state index in [4.69, 9.17) is 0 Å². The second-order valence-corrected chi connectivity index (χ2v) is 8.35. The summed E-state index contributed by atoms with van der Waals surface area (Å²) in [6, 6.07) is 18.8. The summed E-state index contributed by atoms with van der Waals surface area (Å²) in [5.41, 5.74) is 2.52. The maximum Gasteiger partial charge on any atom is 0.108 e. The second kappa shape index (κ2) is 7.08. The molecule has 2 unspecified atom stereocenters. The standard InChI is InChI=1S/C20H24N2OS/c23-24-19-9-5-4-8-18(19)21-20(24)12-15-22-13-10-17(11-14-22)16-6-2-1-3-7-16/h1-9,17,20-21H,10-15H2. The molecule has 2 atom stereocenters. The molecule has 0 amide bonds. The van der Waals surface area contributed by atoms with E-state index in [1.54, 1.807) is 0 Å². The monoisotopic (exact) mass is 340 g/mol. The van der Waals surface area contributed by atoms with E-state index >= 15 is 0 Å². The maximum atomic E-state index is 12.5. The van der Waals surface area contributed by atoms with Gasteiger partial charge in [-0.3, -0.25) is 4.21 Å². The molecular formula is C20H24N2OS. The van der Waals surface area contributed by atoms with Crippen molar-refractivity contribution in [2.75, 3.05) is 25.0 Å². The summed E-state index contributed by atoms with van der Waals surface area (Å²) in [6.07, 6.45) is 3.40. The van der Waals surface area contributed by atoms with Gasteiger partial charge >= 0.3 is 0 Å². The summed E-state index contributed by atoms with van der Waals surface area (Å²) >= 11 is 0. The minimum Gasteiger partial charge on any atom is -0.370 e. The first-order chi connectivity index (χ1) is 11.8. The number of hydrogen-bond acceptors (Lipinski definition) is 3. The summed E-state index contributed by atoms with van der Waals surface area (Å²) in [6.45, 7) is 3.32. The van der Waals surface area contributed by atoms with Crippen LogP contribution in [0.1, 0.15) is 30.7 Å². The number of benzene rings is 2. The van der Waals surface area contributed by atoms with Crippen molar-refractivity contribution in [1.82, 2.24) is 4.90 Å². The molecule has 3 nitrogen and oxygen atoms in total. The van der Waals surface area contributed by atoms with Crippen LogP contribution in [0.25, 0.3) is 0 Å². The van der Waals surface area contributed by atoms with Gasteiger partial charge in [-0.1, -0.05) is 42.5 Å². The molecule has 1 N–H and O–H groups in total. The molecule has 0 aromatic heterocycles. The van der Waals surface area contributed by atoms with Crippen LogP contribution in [0.3, 0.4) is 0 Å². The molecule has 0 spiro atoms. The lowest BCUT2D eigenvalue weighted by atomic mass is 9.89. The Morgan fingerprint density at radius 2 is 1.71 bits per heavy atom. The molecule has 0 saturated carbocycles. The Morgan fingerprint density at radius 3 is 2.46 bits per heavy atom. The molecule has 126 valence electrons. The highest BCUT2D eigenvalue weighted by atomic mass is 32.2. The lowest BCUT2D eigenvalue weighted by molar-refractivity contribution is 0.210. The van der Waals surface area contributed by atoms with Gasteiger partial charge < -0.3 is 10.2 Å². The van der Waals surface area contributed by atoms with Crippen molar-refractivity contribution in [2.24, 2.45) is 0 Å². The van der Waals surface area contributed by atoms with Gasteiger partial charge in [0.05, 0.1) is 21.4 Å². The number of para-hydroxylation sites is 1. The molecule has 24 heavy (non-hydrogen) atoms. The minimum atomic E-state index is -0.914. The van der Waals surface area contributed by atoms with Crippen molar-refractivity contribution in [1.29, 1.82) is 0 Å². The van der Waals surface area contributed by atoms with Crippen LogP contribution >= 0.6 is 0 Å². The van der Waals surface area contributed by atoms with Crippen LogP contribution in [-0.4, -0.2) is 34.1 Å². The van der Waals surface area contributed by atoms with Gasteiger partial charge in [0.15, 0.2) is 0 Å². The highest BCUT2D eigenvalue weighted by Crippen LogP contribution is 2.32. The second-order valence-electron chi connectivity index (χ2n) is 6.74. The van der Waals surface area contributed by atoms with Gasteiger partial charge in [0, 0.05) is 6.54 Å². The van der Waals surface area contributed by atoms with Crippen LogP contribution in [0.2, 0.25) is 0 Å². The number of likely N-dealkylation sites (tertiary alicyclic amines) is 1. The van der Waals surface area contributed by atoms with Crippen molar-refractivity contribution >= 4 is 16.5 Å². The van der Waals surface area contributed by atoms with Gasteiger partial charge in [0.2, 0.25) is 0 Å². The Hall–Kier alpha value is -1.65. The quantitative estimate of drug-likeness (QED) is 0.918. The highest BCUT2D eigenvalue weighted by molar-refractivity contribution is 7.86. The van der Waals surface area contributed by atoms with Gasteiger partial charge in [-0.25, -0.2) is 0 Å². The minimum absolute atomic E-state index is 0.0641. The number of anilines is 1. The van der Waals surface area contributed by atoms with E-state index in [-0.39, 0.29) is 5.37 Å². The number of rotatable bonds is 4. The third-order valence-corrected chi connectivity index (χ3v) is 6.90. The lowest BCUT2D eigenvalue weighted by Gasteiger charge is -2.32. The third-order valence-electron chi connectivity index (χ3n) is 5.24. The largest absolute Gasteiger partial charge is 0.370 e. The average Bonchev–Trinajstić information content (AvgIpc) is 2.97. The molecule has 2 aromatic carbocycles. The Kier molecular flexibility index (Phi) is 4.67. The molecular weight excluding hydrogens is 316 g/mol. The zero-order valence-electron chi connectivity index (χ0n) is 13.9. The predicted octanol–water partition coefficient (Wildman–Crippen LogP) is 3.82. The van der Waals surface area contributed by atoms with Crippen LogP contribution in [0.5, 0.6) is 0 Å². The van der Waals surface area contributed by atoms with Crippen LogP contribution < -0.4 is 5.32 Å². The van der Waals surface area contributed by atoms with Gasteiger partial charge in [0.25, 0.3) is 0 Å². The number of nitrogens with one attached hydrogen (secondary N) is 1. The first-order valence-corrected chi connectivity index (χ1v) is 10.1. The van der Waals surface area contributed by atoms with E-state index < -0.39 is 10.8 Å². The van der Waals surface area contributed by atoms with Crippen LogP contribution in [0.15, 0.2) is 59.5 Å². The predicted molar refractivity (Wildman–Crippen MR) is 99.7 cm³/mol. The Morgan fingerprint density at radius 1 is 1.00 bits per heavy atom. The van der Waals surface area contributed by atoms with Gasteiger partial charge in [-0.05, 0) is 56.0 Å². The molecule has 2 heterocycles. The summed E-state index contributed by atoms with van der Waals surface area (Å²) in [5.74, 6) is 0.699. The number of nitrogens with zero attached hydrogens (tertiary/aromatic N) is 1. The summed E-state index contributed by atoms with van der Waals surface area (Å²) in [4.78, 5) is 3.49. The molecule has 2 aliphatic heterocycles. The summed E-state index contributed by atoms with van der Waals surface area (Å²) < 4.78 is 12.5. The SMILES string of the molecule is O=S1c2ccccc2NC1CCN1CCC(c2ccccc2)CC1. The molecule has 1 saturated heterocycles. The Labute approximate surface area is 146 Å². The molecule has 0 aliphatic carbocycles. The zero-order chi connectivity index (χ0) is 16.4. The van der Waals surface area contributed by atoms with E-state index in [0.717, 1.165) is 36.6 Å². The fraction of sp³-hybridized carbons (Fsp3) is 0.400. The van der Waals surface area contributed by atoms with E-state index in [0.29, 0.717) is 5.92 Å². The Balaban J connectivity index is 1.28. The van der Waals surface area contributed by atoms with Gasteiger partial charge in [-0.15, -0.1) is 0 Å². The van der Waals surface area contributed by atoms with Crippen LogP contribution in [0.4, 0.5) is 5.69 Å². The molecule has 0 bridgehead atoms. The van der Waals surface area contributed by atoms with Crippen LogP contribution in [0, 0.1) is 0 Å². The van der Waals surface area contributed by atoms with Crippen molar-refractivity contribution in [2.45, 2.75) is 35.4 Å². The Bertz CT molecular complexity index is 711. The van der Waals surface area contributed by atoms with Crippen LogP contribution in [-0.2, 0) is 10.8 Å². The molecule has 4 rings (SSSR count). The molecule has 4 heteroatoms. The van der Waals surface area contributed by atoms with E-state index in [1.165, 1.54) is 18.4 Å². The van der Waals surface area contributed by atoms with Crippen molar-refractivity contribution in [3.63, 3.8) is 0 Å². The van der Waals surface area contributed by atoms with Crippen molar-refractivity contribution in [3.05, 3.63) is 60.2 Å². The number of hydrogen-bond donors (Lipinski definition) is 1. The first kappa shape index (κ1) is 15.9. The fourth-order valence-corrected chi connectivity index (χ4v) is 5.25. The molecule has 2 aliphatic rings. The maximum absolute atomic E-state index is 12.5. The topological polar surface area (TPSA) is 32.3 Å². The smallest absolute Gasteiger partial charge is 0.108 e. The first-order valence-electron chi connectivity index (χ1n) is 8.85.